The fraction of sp³-hybridized carbons (Fsp3) is 0.188. The third-order valence-corrected chi connectivity index (χ3v) is 3.13. The first-order chi connectivity index (χ1) is 10.5. The summed E-state index contributed by atoms with van der Waals surface area (Å²) in [6.45, 7) is 2.04. The Labute approximate surface area is 133 Å². The molecule has 0 atom stereocenters. The minimum atomic E-state index is -0.616. The molecule has 0 saturated carbocycles. The second-order valence-corrected chi connectivity index (χ2v) is 5.10. The molecule has 0 radical (unpaired) electrons. The highest BCUT2D eigenvalue weighted by atomic mass is 35.5. The lowest BCUT2D eigenvalue weighted by Gasteiger charge is -2.07. The Kier molecular flexibility index (Phi) is 5.49. The van der Waals surface area contributed by atoms with Crippen molar-refractivity contribution in [3.63, 3.8) is 0 Å². The molecular formula is C16H15ClN2O3. The maximum absolute atomic E-state index is 11.7. The minimum Gasteiger partial charge on any atom is -0.452 e. The maximum atomic E-state index is 11.7. The molecule has 0 aliphatic heterocycles. The molecule has 2 aromatic rings. The van der Waals surface area contributed by atoms with Crippen LogP contribution in [0.25, 0.3) is 0 Å². The van der Waals surface area contributed by atoms with Crippen LogP contribution in [0.2, 0.25) is 5.15 Å². The Hall–Kier alpha value is -2.40. The van der Waals surface area contributed by atoms with E-state index in [9.17, 15) is 9.59 Å². The van der Waals surface area contributed by atoms with Crippen LogP contribution < -0.4 is 5.32 Å². The number of carbonyl (C=O) groups is 2. The molecule has 1 amide bonds. The Morgan fingerprint density at radius 3 is 2.55 bits per heavy atom. The quantitative estimate of drug-likeness (QED) is 0.679. The van der Waals surface area contributed by atoms with Crippen LogP contribution in [0, 0.1) is 6.92 Å². The standard InChI is InChI=1S/C16H15ClN2O3/c1-11-2-4-12(5-3-11)8-19-15(20)10-22-16(21)13-6-7-14(17)18-9-13/h2-7,9H,8,10H2,1H3,(H,19,20). The Bertz CT molecular complexity index is 654. The molecule has 0 saturated heterocycles. The predicted molar refractivity (Wildman–Crippen MR) is 82.6 cm³/mol. The van der Waals surface area contributed by atoms with Gasteiger partial charge in [-0.25, -0.2) is 9.78 Å². The third-order valence-electron chi connectivity index (χ3n) is 2.91. The Morgan fingerprint density at radius 2 is 1.91 bits per heavy atom. The average molecular weight is 319 g/mol. The summed E-state index contributed by atoms with van der Waals surface area (Å²) in [7, 11) is 0. The molecular weight excluding hydrogens is 304 g/mol. The van der Waals surface area contributed by atoms with Crippen molar-refractivity contribution in [2.45, 2.75) is 13.5 Å². The molecule has 2 rings (SSSR count). The zero-order chi connectivity index (χ0) is 15.9. The second kappa shape index (κ2) is 7.56. The maximum Gasteiger partial charge on any atom is 0.340 e. The molecule has 0 spiro atoms. The molecule has 0 aliphatic rings. The molecule has 114 valence electrons. The summed E-state index contributed by atoms with van der Waals surface area (Å²) in [4.78, 5) is 27.1. The number of hydrogen-bond acceptors (Lipinski definition) is 4. The number of hydrogen-bond donors (Lipinski definition) is 1. The van der Waals surface area contributed by atoms with Gasteiger partial charge in [0.05, 0.1) is 5.56 Å². The lowest BCUT2D eigenvalue weighted by molar-refractivity contribution is -0.124. The molecule has 22 heavy (non-hydrogen) atoms. The lowest BCUT2D eigenvalue weighted by atomic mass is 10.1. The zero-order valence-electron chi connectivity index (χ0n) is 12.0. The minimum absolute atomic E-state index is 0.246. The molecule has 0 bridgehead atoms. The highest BCUT2D eigenvalue weighted by Crippen LogP contribution is 2.06. The molecule has 1 heterocycles. The molecule has 1 aromatic heterocycles. The van der Waals surface area contributed by atoms with Gasteiger partial charge >= 0.3 is 5.97 Å². The predicted octanol–water partition coefficient (Wildman–Crippen LogP) is 2.52. The van der Waals surface area contributed by atoms with Crippen molar-refractivity contribution in [2.24, 2.45) is 0 Å². The summed E-state index contributed by atoms with van der Waals surface area (Å²) in [6, 6.07) is 10.8. The number of pyridine rings is 1. The van der Waals surface area contributed by atoms with E-state index in [2.05, 4.69) is 10.3 Å². The van der Waals surface area contributed by atoms with Crippen LogP contribution in [0.1, 0.15) is 21.5 Å². The van der Waals surface area contributed by atoms with Crippen LogP contribution in [0.3, 0.4) is 0 Å². The van der Waals surface area contributed by atoms with Crippen LogP contribution in [0.5, 0.6) is 0 Å². The molecule has 0 unspecified atom stereocenters. The molecule has 1 aromatic carbocycles. The zero-order valence-corrected chi connectivity index (χ0v) is 12.8. The van der Waals surface area contributed by atoms with Gasteiger partial charge in [-0.2, -0.15) is 0 Å². The summed E-state index contributed by atoms with van der Waals surface area (Å²) in [6.07, 6.45) is 1.30. The van der Waals surface area contributed by atoms with Crippen molar-refractivity contribution in [1.82, 2.24) is 10.3 Å². The highest BCUT2D eigenvalue weighted by molar-refractivity contribution is 6.29. The number of ether oxygens (including phenoxy) is 1. The number of rotatable bonds is 5. The van der Waals surface area contributed by atoms with E-state index in [-0.39, 0.29) is 23.2 Å². The van der Waals surface area contributed by atoms with Crippen LogP contribution in [-0.4, -0.2) is 23.5 Å². The van der Waals surface area contributed by atoms with Gasteiger partial charge < -0.3 is 10.1 Å². The van der Waals surface area contributed by atoms with Crippen LogP contribution in [-0.2, 0) is 16.1 Å². The first kappa shape index (κ1) is 16.0. The summed E-state index contributed by atoms with van der Waals surface area (Å²) >= 11 is 5.63. The van der Waals surface area contributed by atoms with Crippen LogP contribution in [0.15, 0.2) is 42.6 Å². The van der Waals surface area contributed by atoms with Gasteiger partial charge in [-0.15, -0.1) is 0 Å². The van der Waals surface area contributed by atoms with Crippen molar-refractivity contribution in [1.29, 1.82) is 0 Å². The summed E-state index contributed by atoms with van der Waals surface area (Å²) < 4.78 is 4.90. The van der Waals surface area contributed by atoms with E-state index in [0.29, 0.717) is 6.54 Å². The molecule has 1 N–H and O–H groups in total. The van der Waals surface area contributed by atoms with E-state index in [4.69, 9.17) is 16.3 Å². The number of benzene rings is 1. The van der Waals surface area contributed by atoms with Crippen molar-refractivity contribution in [2.75, 3.05) is 6.61 Å². The van der Waals surface area contributed by atoms with E-state index in [1.165, 1.54) is 18.3 Å². The van der Waals surface area contributed by atoms with Gasteiger partial charge in [-0.05, 0) is 24.6 Å². The number of aryl methyl sites for hydroxylation is 1. The lowest BCUT2D eigenvalue weighted by Crippen LogP contribution is -2.28. The van der Waals surface area contributed by atoms with Crippen molar-refractivity contribution >= 4 is 23.5 Å². The van der Waals surface area contributed by atoms with Gasteiger partial charge in [0.15, 0.2) is 6.61 Å². The average Bonchev–Trinajstić information content (AvgIpc) is 2.52. The van der Waals surface area contributed by atoms with Gasteiger partial charge in [0.25, 0.3) is 5.91 Å². The van der Waals surface area contributed by atoms with E-state index in [0.717, 1.165) is 11.1 Å². The number of aromatic nitrogens is 1. The number of nitrogens with one attached hydrogen (secondary N) is 1. The Balaban J connectivity index is 1.76. The van der Waals surface area contributed by atoms with E-state index in [1.54, 1.807) is 0 Å². The Morgan fingerprint density at radius 1 is 1.18 bits per heavy atom. The second-order valence-electron chi connectivity index (χ2n) is 4.71. The first-order valence-electron chi connectivity index (χ1n) is 6.65. The number of esters is 1. The number of amides is 1. The van der Waals surface area contributed by atoms with E-state index in [1.807, 2.05) is 31.2 Å². The largest absolute Gasteiger partial charge is 0.452 e. The number of halogens is 1. The van der Waals surface area contributed by atoms with Crippen molar-refractivity contribution in [3.8, 4) is 0 Å². The fourth-order valence-corrected chi connectivity index (χ4v) is 1.78. The summed E-state index contributed by atoms with van der Waals surface area (Å²) in [5.74, 6) is -0.981. The molecule has 5 nitrogen and oxygen atoms in total. The first-order valence-corrected chi connectivity index (χ1v) is 7.03. The SMILES string of the molecule is Cc1ccc(CNC(=O)COC(=O)c2ccc(Cl)nc2)cc1. The highest BCUT2D eigenvalue weighted by Gasteiger charge is 2.10. The van der Waals surface area contributed by atoms with E-state index >= 15 is 0 Å². The summed E-state index contributed by atoms with van der Waals surface area (Å²) in [5, 5.41) is 2.97. The van der Waals surface area contributed by atoms with Crippen molar-refractivity contribution in [3.05, 3.63) is 64.4 Å². The monoisotopic (exact) mass is 318 g/mol. The van der Waals surface area contributed by atoms with Gasteiger partial charge in [0.1, 0.15) is 5.15 Å². The van der Waals surface area contributed by atoms with Gasteiger partial charge in [-0.1, -0.05) is 41.4 Å². The van der Waals surface area contributed by atoms with Gasteiger partial charge in [0.2, 0.25) is 0 Å². The number of carbonyl (C=O) groups excluding carboxylic acids is 2. The van der Waals surface area contributed by atoms with Crippen molar-refractivity contribution < 1.29 is 14.3 Å². The summed E-state index contributed by atoms with van der Waals surface area (Å²) in [5.41, 5.74) is 2.38. The normalized spacial score (nSPS) is 10.1. The topological polar surface area (TPSA) is 68.3 Å². The smallest absolute Gasteiger partial charge is 0.340 e. The molecule has 0 aliphatic carbocycles. The third kappa shape index (κ3) is 4.86. The molecule has 6 heteroatoms. The fourth-order valence-electron chi connectivity index (χ4n) is 1.67. The van der Waals surface area contributed by atoms with E-state index < -0.39 is 5.97 Å². The van der Waals surface area contributed by atoms with Gasteiger partial charge in [0, 0.05) is 12.7 Å². The van der Waals surface area contributed by atoms with Gasteiger partial charge in [-0.3, -0.25) is 4.79 Å². The van der Waals surface area contributed by atoms with Crippen LogP contribution >= 0.6 is 11.6 Å². The molecule has 0 fully saturated rings. The number of nitrogens with zero attached hydrogens (tertiary/aromatic N) is 1. The van der Waals surface area contributed by atoms with Crippen LogP contribution in [0.4, 0.5) is 0 Å².